The van der Waals surface area contributed by atoms with Crippen LogP contribution in [0.15, 0.2) is 4.99 Å². The second kappa shape index (κ2) is 10.8. The molecule has 2 unspecified atom stereocenters. The largest absolute Gasteiger partial charge is 0.390 e. The lowest BCUT2D eigenvalue weighted by atomic mass is 9.84. The van der Waals surface area contributed by atoms with Crippen LogP contribution in [0.2, 0.25) is 0 Å². The van der Waals surface area contributed by atoms with Gasteiger partial charge in [-0.3, -0.25) is 14.4 Å². The third-order valence-corrected chi connectivity index (χ3v) is 10.7. The van der Waals surface area contributed by atoms with E-state index in [1.54, 1.807) is 24.9 Å². The molecule has 194 valence electrons. The Balaban J connectivity index is 1.51. The fourth-order valence-corrected chi connectivity index (χ4v) is 8.91. The molecule has 2 saturated carbocycles. The van der Waals surface area contributed by atoms with Gasteiger partial charge in [0.25, 0.3) is 0 Å². The van der Waals surface area contributed by atoms with Gasteiger partial charge in [-0.2, -0.15) is 11.8 Å². The lowest BCUT2D eigenvalue weighted by Crippen LogP contribution is -2.37. The van der Waals surface area contributed by atoms with E-state index in [4.69, 9.17) is 14.8 Å². The molecular weight excluding hydrogens is 511 g/mol. The molecule has 7 atom stereocenters. The summed E-state index contributed by atoms with van der Waals surface area (Å²) in [5.74, 6) is 2.01. The SMILES string of the molecule is CCSCCOP(=O)(C[C@]12C[C@@H]1[C@@H](C1C=Nc3c(N)nc(C)nc31)[C@H](O)[C@@H]2O)OCCSC(C)=O. The topological polar surface area (TPSA) is 157 Å². The van der Waals surface area contributed by atoms with Crippen LogP contribution in [0.5, 0.6) is 0 Å². The van der Waals surface area contributed by atoms with Crippen molar-refractivity contribution in [3.05, 3.63) is 11.5 Å². The highest BCUT2D eigenvalue weighted by Crippen LogP contribution is 2.73. The molecule has 35 heavy (non-hydrogen) atoms. The number of anilines is 1. The maximum atomic E-state index is 13.8. The molecule has 0 bridgehead atoms. The van der Waals surface area contributed by atoms with Gasteiger partial charge in [-0.15, -0.1) is 0 Å². The molecule has 0 radical (unpaired) electrons. The summed E-state index contributed by atoms with van der Waals surface area (Å²) in [4.78, 5) is 24.3. The number of fused-ring (bicyclic) bond motifs is 2. The van der Waals surface area contributed by atoms with Crippen molar-refractivity contribution in [2.75, 3.05) is 42.4 Å². The standard InChI is InChI=1S/C22H33N4O6PS2/c1-4-34-7-5-31-33(30,32-6-8-35-13(3)27)11-22-9-15(22)16(19(28)20(22)29)14-10-24-18-17(14)25-12(2)26-21(18)23/h10,14-16,19-20,28-29H,4-9,11H2,1-3H3,(H2,23,25,26)/t14?,15-,16-,19+,20+,22-,33?/m1/s1. The third kappa shape index (κ3) is 5.49. The fraction of sp³-hybridized carbons (Fsp3) is 0.727. The van der Waals surface area contributed by atoms with E-state index < -0.39 is 25.2 Å². The monoisotopic (exact) mass is 544 g/mol. The van der Waals surface area contributed by atoms with Crippen molar-refractivity contribution < 1.29 is 28.6 Å². The molecule has 0 spiro atoms. The van der Waals surface area contributed by atoms with Gasteiger partial charge in [0.15, 0.2) is 10.9 Å². The Morgan fingerprint density at radius 3 is 2.69 bits per heavy atom. The van der Waals surface area contributed by atoms with Crippen molar-refractivity contribution >= 4 is 54.0 Å². The van der Waals surface area contributed by atoms with Crippen LogP contribution in [0.1, 0.15) is 37.7 Å². The van der Waals surface area contributed by atoms with E-state index >= 15 is 0 Å². The molecule has 10 nitrogen and oxygen atoms in total. The Hall–Kier alpha value is -1.01. The van der Waals surface area contributed by atoms with Crippen LogP contribution < -0.4 is 5.73 Å². The first-order valence-corrected chi connectivity index (χ1v) is 15.6. The number of aliphatic hydroxyl groups excluding tert-OH is 2. The minimum absolute atomic E-state index is 0.0165. The van der Waals surface area contributed by atoms with Crippen molar-refractivity contribution in [3.63, 3.8) is 0 Å². The van der Waals surface area contributed by atoms with Gasteiger partial charge < -0.3 is 25.0 Å². The molecule has 0 amide bonds. The maximum absolute atomic E-state index is 13.8. The molecule has 3 aliphatic rings. The first-order chi connectivity index (χ1) is 16.6. The molecule has 1 aromatic rings. The molecule has 2 heterocycles. The van der Waals surface area contributed by atoms with E-state index in [2.05, 4.69) is 15.0 Å². The van der Waals surface area contributed by atoms with Crippen LogP contribution in [-0.4, -0.2) is 80.4 Å². The molecule has 0 aromatic carbocycles. The highest BCUT2D eigenvalue weighted by molar-refractivity contribution is 8.13. The Kier molecular flexibility index (Phi) is 8.32. The average molecular weight is 545 g/mol. The van der Waals surface area contributed by atoms with Gasteiger partial charge in [-0.05, 0) is 25.0 Å². The van der Waals surface area contributed by atoms with Crippen LogP contribution in [0, 0.1) is 24.2 Å². The zero-order valence-electron chi connectivity index (χ0n) is 20.1. The number of nitrogen functional groups attached to an aromatic ring is 1. The number of hydrogen-bond donors (Lipinski definition) is 3. The summed E-state index contributed by atoms with van der Waals surface area (Å²) in [5.41, 5.74) is 6.42. The van der Waals surface area contributed by atoms with Crippen molar-refractivity contribution in [3.8, 4) is 0 Å². The number of aryl methyl sites for hydroxylation is 1. The number of rotatable bonds is 12. The molecule has 4 N–H and O–H groups in total. The number of carbonyl (C=O) groups excluding carboxylic acids is 1. The smallest absolute Gasteiger partial charge is 0.331 e. The van der Waals surface area contributed by atoms with Crippen molar-refractivity contribution in [1.29, 1.82) is 0 Å². The minimum Gasteiger partial charge on any atom is -0.390 e. The molecule has 13 heteroatoms. The zero-order chi connectivity index (χ0) is 25.4. The van der Waals surface area contributed by atoms with Gasteiger partial charge >= 0.3 is 7.60 Å². The van der Waals surface area contributed by atoms with Gasteiger partial charge in [-0.1, -0.05) is 18.7 Å². The number of aromatic nitrogens is 2. The highest BCUT2D eigenvalue weighted by atomic mass is 32.2. The number of aliphatic imine (C=N–C) groups is 1. The van der Waals surface area contributed by atoms with E-state index in [9.17, 15) is 19.6 Å². The second-order valence-corrected chi connectivity index (χ2v) is 13.9. The normalized spacial score (nSPS) is 32.3. The molecule has 2 aliphatic carbocycles. The molecule has 1 aromatic heterocycles. The van der Waals surface area contributed by atoms with Crippen LogP contribution in [0.3, 0.4) is 0 Å². The van der Waals surface area contributed by atoms with Gasteiger partial charge in [0, 0.05) is 41.9 Å². The van der Waals surface area contributed by atoms with E-state index in [0.29, 0.717) is 41.0 Å². The van der Waals surface area contributed by atoms with Gasteiger partial charge in [0.05, 0.1) is 37.3 Å². The molecule has 1 aliphatic heterocycles. The summed E-state index contributed by atoms with van der Waals surface area (Å²) in [6.45, 7) is 5.62. The van der Waals surface area contributed by atoms with E-state index in [1.807, 2.05) is 6.92 Å². The summed E-state index contributed by atoms with van der Waals surface area (Å²) < 4.78 is 25.3. The second-order valence-electron chi connectivity index (χ2n) is 9.22. The number of nitrogens with zero attached hydrogens (tertiary/aromatic N) is 3. The van der Waals surface area contributed by atoms with Crippen LogP contribution >= 0.6 is 31.1 Å². The predicted molar refractivity (Wildman–Crippen MR) is 139 cm³/mol. The van der Waals surface area contributed by atoms with E-state index in [1.165, 1.54) is 6.92 Å². The quantitative estimate of drug-likeness (QED) is 0.262. The molecule has 2 fully saturated rings. The summed E-state index contributed by atoms with van der Waals surface area (Å²) >= 11 is 2.77. The van der Waals surface area contributed by atoms with Gasteiger partial charge in [0.1, 0.15) is 11.5 Å². The Bertz CT molecular complexity index is 1050. The number of hydrogen-bond acceptors (Lipinski definition) is 12. The predicted octanol–water partition coefficient (Wildman–Crippen LogP) is 2.78. The molecule has 4 rings (SSSR count). The number of thioether (sulfide) groups is 2. The first kappa shape index (κ1) is 27.0. The first-order valence-electron chi connectivity index (χ1n) is 11.8. The summed E-state index contributed by atoms with van der Waals surface area (Å²) in [6, 6.07) is 0. The number of nitrogens with two attached hydrogens (primary N) is 1. The minimum atomic E-state index is -3.58. The van der Waals surface area contributed by atoms with Crippen molar-refractivity contribution in [1.82, 2.24) is 9.97 Å². The van der Waals surface area contributed by atoms with Gasteiger partial charge in [0.2, 0.25) is 0 Å². The van der Waals surface area contributed by atoms with Crippen LogP contribution in [-0.2, 0) is 18.4 Å². The van der Waals surface area contributed by atoms with E-state index in [0.717, 1.165) is 17.5 Å². The maximum Gasteiger partial charge on any atom is 0.331 e. The lowest BCUT2D eigenvalue weighted by Gasteiger charge is -2.27. The summed E-state index contributed by atoms with van der Waals surface area (Å²) in [6.07, 6.45) is 0.218. The van der Waals surface area contributed by atoms with Crippen molar-refractivity contribution in [2.24, 2.45) is 22.2 Å². The highest BCUT2D eigenvalue weighted by Gasteiger charge is 2.73. The Morgan fingerprint density at radius 2 is 2.00 bits per heavy atom. The lowest BCUT2D eigenvalue weighted by molar-refractivity contribution is -0.109. The molecule has 0 saturated heterocycles. The Labute approximate surface area is 213 Å². The Morgan fingerprint density at radius 1 is 1.29 bits per heavy atom. The number of carbonyl (C=O) groups is 1. The van der Waals surface area contributed by atoms with Gasteiger partial charge in [-0.25, -0.2) is 9.97 Å². The van der Waals surface area contributed by atoms with Crippen molar-refractivity contribution in [2.45, 2.75) is 45.3 Å². The third-order valence-electron chi connectivity index (χ3n) is 6.98. The van der Waals surface area contributed by atoms with Crippen LogP contribution in [0.25, 0.3) is 0 Å². The fourth-order valence-electron chi connectivity index (χ4n) is 5.45. The van der Waals surface area contributed by atoms with E-state index in [-0.39, 0.29) is 42.2 Å². The summed E-state index contributed by atoms with van der Waals surface area (Å²) in [7, 11) is -3.58. The zero-order valence-corrected chi connectivity index (χ0v) is 22.7. The van der Waals surface area contributed by atoms with Crippen LogP contribution in [0.4, 0.5) is 11.5 Å². The summed E-state index contributed by atoms with van der Waals surface area (Å²) in [5, 5.41) is 22.1. The average Bonchev–Trinajstić information content (AvgIpc) is 3.26. The number of aliphatic hydroxyl groups is 2. The molecular formula is C22H33N4O6PS2.